The quantitative estimate of drug-likeness (QED) is 0.562. The molecule has 2 N–H and O–H groups in total. The summed E-state index contributed by atoms with van der Waals surface area (Å²) in [5.74, 6) is -0.677. The molecule has 0 atom stereocenters. The van der Waals surface area contributed by atoms with Crippen molar-refractivity contribution in [1.29, 1.82) is 0 Å². The zero-order chi connectivity index (χ0) is 27.1. The van der Waals surface area contributed by atoms with E-state index in [2.05, 4.69) is 15.3 Å². The van der Waals surface area contributed by atoms with E-state index in [-0.39, 0.29) is 66.1 Å². The highest BCUT2D eigenvalue weighted by atomic mass is 32.2. The summed E-state index contributed by atoms with van der Waals surface area (Å²) in [6.45, 7) is 0.543. The molecule has 200 valence electrons. The molecular formula is C23H27F3N6O4S. The number of halogens is 3. The molecule has 10 nitrogen and oxygen atoms in total. The first kappa shape index (κ1) is 26.8. The van der Waals surface area contributed by atoms with Crippen molar-refractivity contribution >= 4 is 39.2 Å². The number of benzene rings is 1. The van der Waals surface area contributed by atoms with Crippen LogP contribution in [0, 0.1) is 6.92 Å². The Bertz CT molecular complexity index is 1370. The number of fused-ring (bicyclic) bond motifs is 1. The molecule has 0 unspecified atom stereocenters. The van der Waals surface area contributed by atoms with Gasteiger partial charge in [0.2, 0.25) is 10.0 Å². The summed E-state index contributed by atoms with van der Waals surface area (Å²) in [6, 6.07) is 4.43. The summed E-state index contributed by atoms with van der Waals surface area (Å²) in [6.07, 6.45) is -2.76. The van der Waals surface area contributed by atoms with Crippen molar-refractivity contribution in [2.75, 3.05) is 52.1 Å². The number of aromatic nitrogens is 2. The molecule has 3 heterocycles. The highest BCUT2D eigenvalue weighted by Crippen LogP contribution is 2.39. The zero-order valence-electron chi connectivity index (χ0n) is 20.5. The lowest BCUT2D eigenvalue weighted by Gasteiger charge is -2.23. The first-order valence-electron chi connectivity index (χ1n) is 11.5. The van der Waals surface area contributed by atoms with Gasteiger partial charge in [-0.05, 0) is 38.1 Å². The highest BCUT2D eigenvalue weighted by molar-refractivity contribution is 7.89. The van der Waals surface area contributed by atoms with E-state index < -0.39 is 28.7 Å². The Labute approximate surface area is 212 Å². The molecule has 14 heteroatoms. The standard InChI is InChI=1S/C23H27F3N6O4S/c1-14-20(22(34)30(2)3)29-18(27-14)12-15-19-16(28-21(15)33)6-4-7-17(19)37(35,36)32-9-5-8-31(10-11-32)13-23(24,25)26/h4,6-7,12H,5,8-11,13H2,1-3H3,(H,27,29)(H,28,33). The molecule has 1 aromatic heterocycles. The predicted octanol–water partition coefficient (Wildman–Crippen LogP) is 2.17. The number of anilines is 1. The predicted molar refractivity (Wildman–Crippen MR) is 130 cm³/mol. The molecule has 0 radical (unpaired) electrons. The number of carbonyl (C=O) groups excluding carboxylic acids is 2. The van der Waals surface area contributed by atoms with E-state index in [1.165, 1.54) is 28.0 Å². The second-order valence-corrected chi connectivity index (χ2v) is 11.0. The van der Waals surface area contributed by atoms with Gasteiger partial charge >= 0.3 is 6.18 Å². The number of carbonyl (C=O) groups is 2. The van der Waals surface area contributed by atoms with Gasteiger partial charge in [0.1, 0.15) is 11.5 Å². The number of alkyl halides is 3. The minimum Gasteiger partial charge on any atom is -0.343 e. The van der Waals surface area contributed by atoms with E-state index in [4.69, 9.17) is 0 Å². The number of nitrogens with one attached hydrogen (secondary N) is 2. The maximum atomic E-state index is 13.7. The lowest BCUT2D eigenvalue weighted by Crippen LogP contribution is -2.38. The maximum Gasteiger partial charge on any atom is 0.401 e. The van der Waals surface area contributed by atoms with Crippen molar-refractivity contribution in [3.8, 4) is 0 Å². The Morgan fingerprint density at radius 1 is 1.19 bits per heavy atom. The van der Waals surface area contributed by atoms with Crippen molar-refractivity contribution in [2.45, 2.75) is 24.4 Å². The van der Waals surface area contributed by atoms with Gasteiger partial charge in [0.05, 0.1) is 22.7 Å². The fourth-order valence-electron chi connectivity index (χ4n) is 4.42. The van der Waals surface area contributed by atoms with Gasteiger partial charge < -0.3 is 15.2 Å². The number of aryl methyl sites for hydroxylation is 1. The van der Waals surface area contributed by atoms with E-state index >= 15 is 0 Å². The number of rotatable bonds is 5. The van der Waals surface area contributed by atoms with Crippen LogP contribution in [0.1, 0.15) is 34.0 Å². The minimum absolute atomic E-state index is 0.0419. The van der Waals surface area contributed by atoms with Crippen LogP contribution in [0.3, 0.4) is 0 Å². The second-order valence-electron chi connectivity index (χ2n) is 9.14. The summed E-state index contributed by atoms with van der Waals surface area (Å²) in [4.78, 5) is 34.8. The van der Waals surface area contributed by atoms with Crippen LogP contribution >= 0.6 is 0 Å². The van der Waals surface area contributed by atoms with Crippen molar-refractivity contribution in [3.05, 3.63) is 41.0 Å². The summed E-state index contributed by atoms with van der Waals surface area (Å²) < 4.78 is 67.0. The van der Waals surface area contributed by atoms with Gasteiger partial charge in [-0.3, -0.25) is 14.5 Å². The molecule has 2 aromatic rings. The molecule has 1 fully saturated rings. The van der Waals surface area contributed by atoms with Crippen LogP contribution in [0.2, 0.25) is 0 Å². The lowest BCUT2D eigenvalue weighted by atomic mass is 10.1. The van der Waals surface area contributed by atoms with Crippen LogP contribution in [0.25, 0.3) is 11.6 Å². The smallest absolute Gasteiger partial charge is 0.343 e. The van der Waals surface area contributed by atoms with Gasteiger partial charge in [-0.15, -0.1) is 0 Å². The summed E-state index contributed by atoms with van der Waals surface area (Å²) in [7, 11) is -0.991. The molecular weight excluding hydrogens is 513 g/mol. The molecule has 0 spiro atoms. The number of imidazole rings is 1. The Morgan fingerprint density at radius 3 is 2.59 bits per heavy atom. The third kappa shape index (κ3) is 5.55. The molecule has 1 aromatic carbocycles. The molecule has 0 saturated carbocycles. The van der Waals surface area contributed by atoms with Gasteiger partial charge in [-0.25, -0.2) is 13.4 Å². The molecule has 0 bridgehead atoms. The van der Waals surface area contributed by atoms with Crippen LogP contribution in [-0.2, 0) is 14.8 Å². The molecule has 1 saturated heterocycles. The van der Waals surface area contributed by atoms with Crippen molar-refractivity contribution in [1.82, 2.24) is 24.1 Å². The average molecular weight is 541 g/mol. The molecule has 37 heavy (non-hydrogen) atoms. The topological polar surface area (TPSA) is 119 Å². The molecule has 2 aliphatic heterocycles. The maximum absolute atomic E-state index is 13.7. The van der Waals surface area contributed by atoms with E-state index in [9.17, 15) is 31.2 Å². The fourth-order valence-corrected chi connectivity index (χ4v) is 6.11. The van der Waals surface area contributed by atoms with E-state index in [0.717, 1.165) is 4.31 Å². The molecule has 2 aliphatic rings. The summed E-state index contributed by atoms with van der Waals surface area (Å²) in [5.41, 5.74) is 1.14. The fraction of sp³-hybridized carbons (Fsp3) is 0.435. The summed E-state index contributed by atoms with van der Waals surface area (Å²) in [5, 5.41) is 2.65. The first-order valence-corrected chi connectivity index (χ1v) is 13.0. The Morgan fingerprint density at radius 2 is 1.92 bits per heavy atom. The number of H-pyrrole nitrogens is 1. The normalized spacial score (nSPS) is 18.5. The van der Waals surface area contributed by atoms with E-state index in [1.807, 2.05) is 0 Å². The Kier molecular flexibility index (Phi) is 7.18. The summed E-state index contributed by atoms with van der Waals surface area (Å²) >= 11 is 0. The number of hydrogen-bond donors (Lipinski definition) is 2. The van der Waals surface area contributed by atoms with E-state index in [0.29, 0.717) is 11.4 Å². The third-order valence-corrected chi connectivity index (χ3v) is 8.09. The number of aromatic amines is 1. The largest absolute Gasteiger partial charge is 0.401 e. The highest BCUT2D eigenvalue weighted by Gasteiger charge is 2.37. The van der Waals surface area contributed by atoms with Crippen molar-refractivity contribution in [3.63, 3.8) is 0 Å². The SMILES string of the molecule is Cc1[nH]c(C=C2C(=O)Nc3cccc(S(=O)(=O)N4CCCN(CC(F)(F)F)CC4)c32)nc1C(=O)N(C)C. The minimum atomic E-state index is -4.37. The van der Waals surface area contributed by atoms with Crippen LogP contribution in [-0.4, -0.2) is 97.3 Å². The number of hydrogen-bond acceptors (Lipinski definition) is 6. The Hall–Kier alpha value is -3.23. The van der Waals surface area contributed by atoms with Gasteiger partial charge in [0, 0.05) is 45.0 Å². The van der Waals surface area contributed by atoms with E-state index in [1.54, 1.807) is 27.1 Å². The number of amides is 2. The van der Waals surface area contributed by atoms with Crippen LogP contribution < -0.4 is 5.32 Å². The van der Waals surface area contributed by atoms with Gasteiger partial charge in [-0.2, -0.15) is 17.5 Å². The van der Waals surface area contributed by atoms with Gasteiger partial charge in [0.15, 0.2) is 0 Å². The monoisotopic (exact) mass is 540 g/mol. The number of sulfonamides is 1. The van der Waals surface area contributed by atoms with Gasteiger partial charge in [0.25, 0.3) is 11.8 Å². The van der Waals surface area contributed by atoms with Crippen molar-refractivity contribution < 1.29 is 31.2 Å². The second kappa shape index (κ2) is 9.91. The van der Waals surface area contributed by atoms with Crippen LogP contribution in [0.15, 0.2) is 23.1 Å². The third-order valence-electron chi connectivity index (χ3n) is 6.15. The Balaban J connectivity index is 1.69. The van der Waals surface area contributed by atoms with Gasteiger partial charge in [-0.1, -0.05) is 6.07 Å². The van der Waals surface area contributed by atoms with Crippen LogP contribution in [0.5, 0.6) is 0 Å². The lowest BCUT2D eigenvalue weighted by molar-refractivity contribution is -0.145. The molecule has 2 amide bonds. The van der Waals surface area contributed by atoms with Crippen LogP contribution in [0.4, 0.5) is 18.9 Å². The molecule has 0 aliphatic carbocycles. The number of nitrogens with zero attached hydrogens (tertiary/aromatic N) is 4. The molecule has 4 rings (SSSR count). The zero-order valence-corrected chi connectivity index (χ0v) is 21.3. The van der Waals surface area contributed by atoms with Crippen molar-refractivity contribution in [2.24, 2.45) is 0 Å². The average Bonchev–Trinajstić information content (AvgIpc) is 3.21. The first-order chi connectivity index (χ1) is 17.3.